The highest BCUT2D eigenvalue weighted by Crippen LogP contribution is 2.23. The number of aliphatic hydroxyl groups is 1. The molecule has 4 heterocycles. The van der Waals surface area contributed by atoms with Gasteiger partial charge in [0.1, 0.15) is 6.17 Å². The first kappa shape index (κ1) is 16.4. The Hall–Kier alpha value is -2.02. The Kier molecular flexibility index (Phi) is 3.98. The van der Waals surface area contributed by atoms with Crippen LogP contribution in [-0.2, 0) is 4.74 Å². The Balaban J connectivity index is 1.61. The molecule has 0 saturated carbocycles. The predicted molar refractivity (Wildman–Crippen MR) is 97.8 cm³/mol. The van der Waals surface area contributed by atoms with Crippen molar-refractivity contribution in [2.45, 2.75) is 45.4 Å². The fourth-order valence-electron chi connectivity index (χ4n) is 3.39. The number of nitrogens with zero attached hydrogens (tertiary/aromatic N) is 3. The van der Waals surface area contributed by atoms with Crippen molar-refractivity contribution in [2.75, 3.05) is 13.1 Å². The Bertz CT molecular complexity index is 866. The maximum Gasteiger partial charge on any atom is 0.216 e. The Morgan fingerprint density at radius 1 is 1.40 bits per heavy atom. The van der Waals surface area contributed by atoms with Gasteiger partial charge in [-0.2, -0.15) is 0 Å². The quantitative estimate of drug-likeness (QED) is 0.768. The van der Waals surface area contributed by atoms with Gasteiger partial charge < -0.3 is 15.2 Å². The second kappa shape index (κ2) is 6.05. The van der Waals surface area contributed by atoms with Crippen LogP contribution in [0.3, 0.4) is 0 Å². The third kappa shape index (κ3) is 3.13. The van der Waals surface area contributed by atoms with E-state index in [4.69, 9.17) is 4.74 Å². The molecule has 1 aromatic heterocycles. The van der Waals surface area contributed by atoms with Crippen LogP contribution in [0.15, 0.2) is 23.3 Å². The van der Waals surface area contributed by atoms with E-state index >= 15 is 0 Å². The smallest absolute Gasteiger partial charge is 0.216 e. The summed E-state index contributed by atoms with van der Waals surface area (Å²) in [6.07, 6.45) is 7.96. The van der Waals surface area contributed by atoms with Gasteiger partial charge in [0, 0.05) is 42.5 Å². The second-order valence-corrected chi connectivity index (χ2v) is 7.60. The van der Waals surface area contributed by atoms with E-state index in [-0.39, 0.29) is 11.8 Å². The van der Waals surface area contributed by atoms with Crippen LogP contribution in [0.5, 0.6) is 0 Å². The molecule has 0 amide bonds. The molecule has 3 aliphatic rings. The summed E-state index contributed by atoms with van der Waals surface area (Å²) in [5.41, 5.74) is 3.35. The van der Waals surface area contributed by atoms with Crippen molar-refractivity contribution in [3.63, 3.8) is 0 Å². The predicted octanol–water partition coefficient (Wildman–Crippen LogP) is 0.164. The van der Waals surface area contributed by atoms with E-state index in [0.29, 0.717) is 6.54 Å². The van der Waals surface area contributed by atoms with Crippen LogP contribution in [0, 0.1) is 0 Å². The van der Waals surface area contributed by atoms with Crippen molar-refractivity contribution in [3.05, 3.63) is 34.5 Å². The summed E-state index contributed by atoms with van der Waals surface area (Å²) < 4.78 is 5.66. The largest absolute Gasteiger partial charge is 0.364 e. The molecule has 6 heteroatoms. The highest BCUT2D eigenvalue weighted by atomic mass is 16.6. The number of pyridine rings is 1. The number of hydrogen-bond acceptors (Lipinski definition) is 6. The van der Waals surface area contributed by atoms with Crippen LogP contribution >= 0.6 is 0 Å². The Labute approximate surface area is 147 Å². The molecular formula is C19H24N4O2. The molecule has 0 saturated heterocycles. The molecule has 0 aliphatic carbocycles. The minimum absolute atomic E-state index is 0.0677. The van der Waals surface area contributed by atoms with Crippen LogP contribution in [0.2, 0.25) is 0 Å². The van der Waals surface area contributed by atoms with Gasteiger partial charge in [-0.25, -0.2) is 0 Å². The summed E-state index contributed by atoms with van der Waals surface area (Å²) in [5, 5.41) is 15.7. The van der Waals surface area contributed by atoms with Gasteiger partial charge in [-0.15, -0.1) is 0 Å². The van der Waals surface area contributed by atoms with Crippen molar-refractivity contribution in [1.82, 2.24) is 15.2 Å². The molecule has 1 aromatic rings. The molecule has 132 valence electrons. The van der Waals surface area contributed by atoms with E-state index in [9.17, 15) is 5.11 Å². The molecule has 0 spiro atoms. The minimum atomic E-state index is -0.876. The fraction of sp³-hybridized carbons (Fsp3) is 0.474. The van der Waals surface area contributed by atoms with Crippen molar-refractivity contribution >= 4 is 23.6 Å². The third-order valence-electron chi connectivity index (χ3n) is 4.66. The Morgan fingerprint density at radius 3 is 2.88 bits per heavy atom. The van der Waals surface area contributed by atoms with Crippen molar-refractivity contribution in [2.24, 2.45) is 4.99 Å². The van der Waals surface area contributed by atoms with Gasteiger partial charge in [-0.05, 0) is 44.4 Å². The zero-order chi connectivity index (χ0) is 17.6. The first-order valence-corrected chi connectivity index (χ1v) is 8.70. The van der Waals surface area contributed by atoms with Gasteiger partial charge in [0.05, 0.1) is 11.0 Å². The number of fused-ring (bicyclic) bond motifs is 2. The second-order valence-electron chi connectivity index (χ2n) is 7.60. The SMILES string of the molecule is CC(C)(C)OC(O)N1CC=C(c2ccnc3c2=C2C=NC2NC=3)CC1. The number of rotatable bonds is 3. The fourth-order valence-corrected chi connectivity index (χ4v) is 3.39. The van der Waals surface area contributed by atoms with Gasteiger partial charge >= 0.3 is 0 Å². The number of nitrogens with one attached hydrogen (secondary N) is 1. The number of aliphatic imine (C=N–C) groups is 1. The molecule has 0 fully saturated rings. The molecule has 4 rings (SSSR count). The lowest BCUT2D eigenvalue weighted by molar-refractivity contribution is -0.236. The minimum Gasteiger partial charge on any atom is -0.364 e. The molecule has 0 aromatic carbocycles. The van der Waals surface area contributed by atoms with Crippen LogP contribution in [0.1, 0.15) is 32.8 Å². The van der Waals surface area contributed by atoms with E-state index in [1.807, 2.05) is 44.3 Å². The van der Waals surface area contributed by atoms with Crippen LogP contribution in [0.4, 0.5) is 0 Å². The zero-order valence-electron chi connectivity index (χ0n) is 14.9. The van der Waals surface area contributed by atoms with Gasteiger partial charge in [-0.1, -0.05) is 6.08 Å². The van der Waals surface area contributed by atoms with Crippen LogP contribution in [-0.4, -0.2) is 52.5 Å². The van der Waals surface area contributed by atoms with Crippen molar-refractivity contribution in [3.8, 4) is 0 Å². The summed E-state index contributed by atoms with van der Waals surface area (Å²) in [7, 11) is 0. The van der Waals surface area contributed by atoms with Crippen molar-refractivity contribution in [1.29, 1.82) is 0 Å². The maximum absolute atomic E-state index is 10.3. The lowest BCUT2D eigenvalue weighted by Crippen LogP contribution is -2.49. The van der Waals surface area contributed by atoms with Crippen molar-refractivity contribution < 1.29 is 9.84 Å². The Morgan fingerprint density at radius 2 is 2.24 bits per heavy atom. The van der Waals surface area contributed by atoms with Gasteiger partial charge in [0.25, 0.3) is 0 Å². The molecule has 2 atom stereocenters. The average Bonchev–Trinajstić information content (AvgIpc) is 2.53. The molecule has 0 radical (unpaired) electrons. The van der Waals surface area contributed by atoms with E-state index in [2.05, 4.69) is 27.4 Å². The summed E-state index contributed by atoms with van der Waals surface area (Å²) in [4.78, 5) is 10.8. The highest BCUT2D eigenvalue weighted by Gasteiger charge is 2.27. The van der Waals surface area contributed by atoms with Crippen LogP contribution < -0.4 is 15.9 Å². The third-order valence-corrected chi connectivity index (χ3v) is 4.66. The molecule has 25 heavy (non-hydrogen) atoms. The van der Waals surface area contributed by atoms with Gasteiger partial charge in [0.2, 0.25) is 6.41 Å². The van der Waals surface area contributed by atoms with Crippen LogP contribution in [0.25, 0.3) is 17.3 Å². The summed E-state index contributed by atoms with van der Waals surface area (Å²) in [6.45, 7) is 7.27. The molecule has 2 unspecified atom stereocenters. The summed E-state index contributed by atoms with van der Waals surface area (Å²) >= 11 is 0. The molecule has 0 bridgehead atoms. The summed E-state index contributed by atoms with van der Waals surface area (Å²) in [5.74, 6) is 0. The molecule has 2 N–H and O–H groups in total. The topological polar surface area (TPSA) is 70.0 Å². The first-order chi connectivity index (χ1) is 11.9. The molecular weight excluding hydrogens is 316 g/mol. The monoisotopic (exact) mass is 340 g/mol. The standard InChI is InChI=1S/C19H24N4O2/c1-19(2,3)25-18(24)23-8-5-12(6-9-23)13-4-7-20-15-11-22-17-14(10-21-17)16(13)15/h4-5,7,10-11,17-18,22,24H,6,8-9H2,1-3H3. The lowest BCUT2D eigenvalue weighted by Gasteiger charge is -2.34. The normalized spacial score (nSPS) is 23.6. The van der Waals surface area contributed by atoms with E-state index in [1.54, 1.807) is 0 Å². The number of ether oxygens (including phenoxy) is 1. The molecule has 6 nitrogen and oxygen atoms in total. The number of aliphatic hydroxyl groups excluding tert-OH is 1. The number of hydrogen-bond donors (Lipinski definition) is 2. The van der Waals surface area contributed by atoms with E-state index in [1.165, 1.54) is 21.9 Å². The zero-order valence-corrected chi connectivity index (χ0v) is 14.9. The highest BCUT2D eigenvalue weighted by molar-refractivity contribution is 6.11. The van der Waals surface area contributed by atoms with E-state index < -0.39 is 6.41 Å². The van der Waals surface area contributed by atoms with Gasteiger partial charge in [0.15, 0.2) is 0 Å². The maximum atomic E-state index is 10.3. The average molecular weight is 340 g/mol. The molecule has 3 aliphatic heterocycles. The first-order valence-electron chi connectivity index (χ1n) is 8.70. The number of aromatic nitrogens is 1. The summed E-state index contributed by atoms with van der Waals surface area (Å²) in [6, 6.07) is 2.08. The lowest BCUT2D eigenvalue weighted by atomic mass is 9.93. The van der Waals surface area contributed by atoms with E-state index in [0.717, 1.165) is 18.3 Å². The van der Waals surface area contributed by atoms with Gasteiger partial charge in [-0.3, -0.25) is 14.9 Å².